The van der Waals surface area contributed by atoms with Gasteiger partial charge in [-0.05, 0) is 40.4 Å². The first-order chi connectivity index (χ1) is 15.4. The van der Waals surface area contributed by atoms with Crippen molar-refractivity contribution in [2.24, 2.45) is 0 Å². The van der Waals surface area contributed by atoms with Crippen LogP contribution in [0.5, 0.6) is 0 Å². The Morgan fingerprint density at radius 3 is 1.84 bits per heavy atom. The van der Waals surface area contributed by atoms with E-state index < -0.39 is 17.4 Å². The Kier molecular flexibility index (Phi) is 4.79. The minimum atomic E-state index is -0.620. The standard InChI is InChI=1S/C29H23PSi/c1-2-13-22(14-3-1)30(26-18-10-12-21-11-4-5-15-23(21)26)29-24-16-6-8-19-27(24)31-28-20-9-7-17-25(28)29/h1-20,29H,31H2. The molecule has 1 heterocycles. The van der Waals surface area contributed by atoms with Crippen LogP contribution in [-0.2, 0) is 0 Å². The van der Waals surface area contributed by atoms with Crippen LogP contribution in [0.1, 0.15) is 16.8 Å². The highest BCUT2D eigenvalue weighted by molar-refractivity contribution is 7.74. The fourth-order valence-corrected chi connectivity index (χ4v) is 10.4. The van der Waals surface area contributed by atoms with Gasteiger partial charge in [-0.25, -0.2) is 0 Å². The molecule has 1 atom stereocenters. The summed E-state index contributed by atoms with van der Waals surface area (Å²) >= 11 is 0. The maximum absolute atomic E-state index is 2.40. The number of benzene rings is 5. The van der Waals surface area contributed by atoms with E-state index in [2.05, 4.69) is 121 Å². The van der Waals surface area contributed by atoms with E-state index in [4.69, 9.17) is 0 Å². The van der Waals surface area contributed by atoms with Crippen LogP contribution in [0.3, 0.4) is 0 Å². The number of rotatable bonds is 3. The molecule has 1 unspecified atom stereocenters. The lowest BCUT2D eigenvalue weighted by Gasteiger charge is -2.36. The van der Waals surface area contributed by atoms with Crippen molar-refractivity contribution in [3.05, 3.63) is 132 Å². The van der Waals surface area contributed by atoms with Gasteiger partial charge in [-0.2, -0.15) is 0 Å². The van der Waals surface area contributed by atoms with Crippen molar-refractivity contribution in [3.63, 3.8) is 0 Å². The molecule has 0 aromatic heterocycles. The highest BCUT2D eigenvalue weighted by atomic mass is 31.1. The molecule has 0 amide bonds. The second-order valence-corrected chi connectivity index (χ2v) is 12.3. The molecule has 0 nitrogen and oxygen atoms in total. The molecule has 0 N–H and O–H groups in total. The molecular weight excluding hydrogens is 407 g/mol. The molecular formula is C29H23PSi. The third-order valence-corrected chi connectivity index (χ3v) is 11.3. The first-order valence-corrected chi connectivity index (χ1v) is 13.7. The van der Waals surface area contributed by atoms with Crippen LogP contribution in [0.4, 0.5) is 0 Å². The SMILES string of the molecule is c1ccc(P(c2cccc3ccccc23)C2c3ccccc3[SiH2]c3ccccc32)cc1. The van der Waals surface area contributed by atoms with Crippen LogP contribution in [-0.4, -0.2) is 9.52 Å². The summed E-state index contributed by atoms with van der Waals surface area (Å²) in [6.07, 6.45) is 0. The smallest absolute Gasteiger partial charge is 0.0630 e. The van der Waals surface area contributed by atoms with Gasteiger partial charge in [-0.15, -0.1) is 0 Å². The van der Waals surface area contributed by atoms with Crippen molar-refractivity contribution < 1.29 is 0 Å². The largest absolute Gasteiger partial charge is 0.0883 e. The highest BCUT2D eigenvalue weighted by Gasteiger charge is 2.34. The summed E-state index contributed by atoms with van der Waals surface area (Å²) in [5, 5.41) is 8.86. The second-order valence-electron chi connectivity index (χ2n) is 8.18. The molecule has 1 aliphatic heterocycles. The molecule has 0 aliphatic carbocycles. The van der Waals surface area contributed by atoms with E-state index >= 15 is 0 Å². The summed E-state index contributed by atoms with van der Waals surface area (Å²) in [5.74, 6) is 0. The van der Waals surface area contributed by atoms with Gasteiger partial charge in [0.05, 0.1) is 9.52 Å². The number of fused-ring (bicyclic) bond motifs is 3. The van der Waals surface area contributed by atoms with Crippen molar-refractivity contribution in [1.29, 1.82) is 0 Å². The molecule has 1 aliphatic rings. The third-order valence-electron chi connectivity index (χ3n) is 6.40. The summed E-state index contributed by atoms with van der Waals surface area (Å²) in [6.45, 7) is 0. The highest BCUT2D eigenvalue weighted by Crippen LogP contribution is 2.54. The minimum absolute atomic E-state index is 0.386. The van der Waals surface area contributed by atoms with Gasteiger partial charge in [-0.3, -0.25) is 0 Å². The van der Waals surface area contributed by atoms with E-state index in [1.54, 1.807) is 21.5 Å². The Bertz CT molecular complexity index is 1330. The summed E-state index contributed by atoms with van der Waals surface area (Å²) in [4.78, 5) is 0. The molecule has 6 rings (SSSR count). The Labute approximate surface area is 187 Å². The predicted octanol–water partition coefficient (Wildman–Crippen LogP) is 4.50. The van der Waals surface area contributed by atoms with Gasteiger partial charge < -0.3 is 0 Å². The van der Waals surface area contributed by atoms with Gasteiger partial charge in [0.2, 0.25) is 0 Å². The van der Waals surface area contributed by atoms with Gasteiger partial charge in [0.1, 0.15) is 0 Å². The summed E-state index contributed by atoms with van der Waals surface area (Å²) in [6, 6.07) is 45.4. The van der Waals surface area contributed by atoms with Crippen molar-refractivity contribution in [2.75, 3.05) is 0 Å². The topological polar surface area (TPSA) is 0 Å². The first kappa shape index (κ1) is 18.8. The van der Waals surface area contributed by atoms with E-state index in [1.807, 2.05) is 0 Å². The van der Waals surface area contributed by atoms with Crippen LogP contribution in [0.2, 0.25) is 0 Å². The molecule has 0 saturated carbocycles. The van der Waals surface area contributed by atoms with E-state index in [-0.39, 0.29) is 0 Å². The van der Waals surface area contributed by atoms with Gasteiger partial charge >= 0.3 is 0 Å². The summed E-state index contributed by atoms with van der Waals surface area (Å²) < 4.78 is 0. The quantitative estimate of drug-likeness (QED) is 0.292. The zero-order chi connectivity index (χ0) is 20.6. The zero-order valence-corrected chi connectivity index (χ0v) is 19.6. The normalized spacial score (nSPS) is 16.6. The van der Waals surface area contributed by atoms with Gasteiger partial charge in [-0.1, -0.05) is 132 Å². The number of hydrogen-bond acceptors (Lipinski definition) is 0. The fourth-order valence-electron chi connectivity index (χ4n) is 5.01. The van der Waals surface area contributed by atoms with Crippen molar-refractivity contribution >= 4 is 49.2 Å². The molecule has 0 spiro atoms. The van der Waals surface area contributed by atoms with Crippen LogP contribution in [0.15, 0.2) is 121 Å². The Morgan fingerprint density at radius 1 is 0.516 bits per heavy atom. The molecule has 5 aromatic rings. The first-order valence-electron chi connectivity index (χ1n) is 10.9. The molecule has 0 radical (unpaired) electrons. The van der Waals surface area contributed by atoms with Crippen LogP contribution in [0, 0.1) is 0 Å². The summed E-state index contributed by atoms with van der Waals surface area (Å²) in [5.41, 5.74) is 3.49. The van der Waals surface area contributed by atoms with Gasteiger partial charge in [0.15, 0.2) is 0 Å². The molecule has 0 saturated heterocycles. The maximum Gasteiger partial charge on any atom is 0.0883 e. The lowest BCUT2D eigenvalue weighted by Crippen LogP contribution is -2.40. The molecule has 0 fully saturated rings. The Balaban J connectivity index is 1.67. The van der Waals surface area contributed by atoms with E-state index in [0.29, 0.717) is 5.66 Å². The minimum Gasteiger partial charge on any atom is -0.0630 e. The molecule has 0 bridgehead atoms. The van der Waals surface area contributed by atoms with Crippen molar-refractivity contribution in [2.45, 2.75) is 5.66 Å². The lowest BCUT2D eigenvalue weighted by atomic mass is 10.0. The van der Waals surface area contributed by atoms with Gasteiger partial charge in [0, 0.05) is 5.66 Å². The van der Waals surface area contributed by atoms with Gasteiger partial charge in [0.25, 0.3) is 0 Å². The zero-order valence-electron chi connectivity index (χ0n) is 17.3. The Hall–Kier alpha value is -2.99. The van der Waals surface area contributed by atoms with E-state index in [0.717, 1.165) is 0 Å². The molecule has 31 heavy (non-hydrogen) atoms. The van der Waals surface area contributed by atoms with Crippen LogP contribution >= 0.6 is 7.92 Å². The maximum atomic E-state index is 2.40. The molecule has 148 valence electrons. The van der Waals surface area contributed by atoms with Crippen LogP contribution < -0.4 is 21.0 Å². The van der Waals surface area contributed by atoms with E-state index in [1.165, 1.54) is 21.4 Å². The predicted molar refractivity (Wildman–Crippen MR) is 139 cm³/mol. The van der Waals surface area contributed by atoms with Crippen LogP contribution in [0.25, 0.3) is 10.8 Å². The molecule has 5 aromatic carbocycles. The monoisotopic (exact) mass is 430 g/mol. The van der Waals surface area contributed by atoms with Crippen molar-refractivity contribution in [3.8, 4) is 0 Å². The number of hydrogen-bond donors (Lipinski definition) is 0. The van der Waals surface area contributed by atoms with Crippen molar-refractivity contribution in [1.82, 2.24) is 0 Å². The Morgan fingerprint density at radius 2 is 1.10 bits per heavy atom. The lowest BCUT2D eigenvalue weighted by molar-refractivity contribution is 1.16. The summed E-state index contributed by atoms with van der Waals surface area (Å²) in [7, 11) is -1.07. The average Bonchev–Trinajstić information content (AvgIpc) is 2.84. The second kappa shape index (κ2) is 7.93. The fraction of sp³-hybridized carbons (Fsp3) is 0.0345. The van der Waals surface area contributed by atoms with E-state index in [9.17, 15) is 0 Å². The molecule has 2 heteroatoms. The average molecular weight is 431 g/mol. The third kappa shape index (κ3) is 3.26.